The highest BCUT2D eigenvalue weighted by Crippen LogP contribution is 2.09. The molecule has 0 radical (unpaired) electrons. The fourth-order valence-corrected chi connectivity index (χ4v) is 2.15. The van der Waals surface area contributed by atoms with Crippen LogP contribution in [0.4, 0.5) is 0 Å². The molecule has 3 aromatic rings. The molecule has 0 aliphatic rings. The molecule has 2 aromatic heterocycles. The molecule has 0 aliphatic carbocycles. The van der Waals surface area contributed by atoms with E-state index in [1.165, 1.54) is 0 Å². The van der Waals surface area contributed by atoms with E-state index in [2.05, 4.69) is 10.1 Å². The van der Waals surface area contributed by atoms with Crippen LogP contribution in [0.5, 0.6) is 0 Å². The number of fused-ring (bicyclic) bond motifs is 1. The van der Waals surface area contributed by atoms with Gasteiger partial charge in [-0.2, -0.15) is 4.98 Å². The molecular formula is C15H15N3O3. The highest BCUT2D eigenvalue weighted by molar-refractivity contribution is 5.81. The molecule has 0 amide bonds. The lowest BCUT2D eigenvalue weighted by Gasteiger charge is -2.03. The summed E-state index contributed by atoms with van der Waals surface area (Å²) in [5.74, 6) is 0.999. The van der Waals surface area contributed by atoms with Crippen LogP contribution in [0.3, 0.4) is 0 Å². The van der Waals surface area contributed by atoms with Gasteiger partial charge in [0.05, 0.1) is 6.61 Å². The molecule has 0 saturated carbocycles. The molecular weight excluding hydrogens is 270 g/mol. The van der Waals surface area contributed by atoms with E-state index in [4.69, 9.17) is 9.26 Å². The van der Waals surface area contributed by atoms with E-state index in [0.29, 0.717) is 30.1 Å². The Morgan fingerprint density at radius 2 is 2.14 bits per heavy atom. The lowest BCUT2D eigenvalue weighted by atomic mass is 10.2. The number of hydrogen-bond donors (Lipinski definition) is 0. The van der Waals surface area contributed by atoms with Crippen molar-refractivity contribution in [3.8, 4) is 0 Å². The van der Waals surface area contributed by atoms with Crippen LogP contribution in [0.25, 0.3) is 10.8 Å². The maximum atomic E-state index is 12.4. The predicted octanol–water partition coefficient (Wildman–Crippen LogP) is 1.62. The van der Waals surface area contributed by atoms with E-state index in [0.717, 1.165) is 5.39 Å². The maximum Gasteiger partial charge on any atom is 0.258 e. The van der Waals surface area contributed by atoms with E-state index in [9.17, 15) is 4.79 Å². The molecule has 21 heavy (non-hydrogen) atoms. The third-order valence-corrected chi connectivity index (χ3v) is 3.23. The predicted molar refractivity (Wildman–Crippen MR) is 77.2 cm³/mol. The minimum atomic E-state index is -0.0651. The molecule has 0 N–H and O–H groups in total. The first-order valence-electron chi connectivity index (χ1n) is 6.66. The second-order valence-electron chi connectivity index (χ2n) is 4.68. The number of aromatic nitrogens is 3. The van der Waals surface area contributed by atoms with Gasteiger partial charge >= 0.3 is 0 Å². The molecule has 2 heterocycles. The number of hydrogen-bond acceptors (Lipinski definition) is 5. The summed E-state index contributed by atoms with van der Waals surface area (Å²) in [4.78, 5) is 16.6. The molecule has 108 valence electrons. The lowest BCUT2D eigenvalue weighted by Crippen LogP contribution is -2.20. The molecule has 0 saturated heterocycles. The first-order chi connectivity index (χ1) is 10.3. The Morgan fingerprint density at radius 3 is 3.00 bits per heavy atom. The van der Waals surface area contributed by atoms with Crippen molar-refractivity contribution in [3.05, 3.63) is 58.6 Å². The second-order valence-corrected chi connectivity index (χ2v) is 4.68. The number of ether oxygens (including phenoxy) is 1. The zero-order chi connectivity index (χ0) is 14.7. The van der Waals surface area contributed by atoms with Gasteiger partial charge < -0.3 is 13.8 Å². The molecule has 3 rings (SSSR count). The molecule has 0 bridgehead atoms. The molecule has 0 aliphatic heterocycles. The van der Waals surface area contributed by atoms with Gasteiger partial charge in [-0.05, 0) is 17.5 Å². The van der Waals surface area contributed by atoms with Gasteiger partial charge in [-0.3, -0.25) is 4.79 Å². The van der Waals surface area contributed by atoms with Crippen LogP contribution in [0, 0.1) is 0 Å². The maximum absolute atomic E-state index is 12.4. The SMILES string of the molecule is COCCc1noc(Cn2ccc3ccccc3c2=O)n1. The molecule has 6 heteroatoms. The van der Waals surface area contributed by atoms with E-state index >= 15 is 0 Å². The van der Waals surface area contributed by atoms with E-state index in [-0.39, 0.29) is 12.1 Å². The Bertz CT molecular complexity index is 807. The fraction of sp³-hybridized carbons (Fsp3) is 0.267. The lowest BCUT2D eigenvalue weighted by molar-refractivity contribution is 0.199. The quantitative estimate of drug-likeness (QED) is 0.712. The molecule has 0 spiro atoms. The van der Waals surface area contributed by atoms with Gasteiger partial charge in [-0.15, -0.1) is 0 Å². The summed E-state index contributed by atoms with van der Waals surface area (Å²) in [6, 6.07) is 9.39. The fourth-order valence-electron chi connectivity index (χ4n) is 2.15. The number of benzene rings is 1. The van der Waals surface area contributed by atoms with Gasteiger partial charge in [0.15, 0.2) is 5.82 Å². The number of rotatable bonds is 5. The van der Waals surface area contributed by atoms with Crippen molar-refractivity contribution >= 4 is 10.8 Å². The Hall–Kier alpha value is -2.47. The van der Waals surface area contributed by atoms with Gasteiger partial charge in [-0.1, -0.05) is 23.4 Å². The van der Waals surface area contributed by atoms with Crippen molar-refractivity contribution in [1.82, 2.24) is 14.7 Å². The van der Waals surface area contributed by atoms with Gasteiger partial charge in [0.2, 0.25) is 5.89 Å². The number of pyridine rings is 1. The van der Waals surface area contributed by atoms with Gasteiger partial charge in [0, 0.05) is 25.1 Å². The van der Waals surface area contributed by atoms with Crippen molar-refractivity contribution in [2.24, 2.45) is 0 Å². The van der Waals surface area contributed by atoms with E-state index < -0.39 is 0 Å². The summed E-state index contributed by atoms with van der Waals surface area (Å²) in [6.45, 7) is 0.804. The highest BCUT2D eigenvalue weighted by atomic mass is 16.5. The topological polar surface area (TPSA) is 70.2 Å². The summed E-state index contributed by atoms with van der Waals surface area (Å²) < 4.78 is 11.7. The molecule has 6 nitrogen and oxygen atoms in total. The van der Waals surface area contributed by atoms with Crippen LogP contribution in [-0.4, -0.2) is 28.4 Å². The standard InChI is InChI=1S/C15H15N3O3/c1-20-9-7-13-16-14(21-17-13)10-18-8-6-11-4-2-3-5-12(11)15(18)19/h2-6,8H,7,9-10H2,1H3. The third kappa shape index (κ3) is 2.85. The van der Waals surface area contributed by atoms with Crippen molar-refractivity contribution < 1.29 is 9.26 Å². The molecule has 0 unspecified atom stereocenters. The Morgan fingerprint density at radius 1 is 1.29 bits per heavy atom. The minimum Gasteiger partial charge on any atom is -0.384 e. The first kappa shape index (κ1) is 13.5. The summed E-state index contributed by atoms with van der Waals surface area (Å²) in [5, 5.41) is 5.46. The largest absolute Gasteiger partial charge is 0.384 e. The molecule has 0 atom stereocenters. The van der Waals surface area contributed by atoms with Crippen molar-refractivity contribution in [2.45, 2.75) is 13.0 Å². The summed E-state index contributed by atoms with van der Waals surface area (Å²) in [6.07, 6.45) is 2.33. The zero-order valence-corrected chi connectivity index (χ0v) is 11.7. The monoisotopic (exact) mass is 285 g/mol. The first-order valence-corrected chi connectivity index (χ1v) is 6.66. The van der Waals surface area contributed by atoms with Crippen LogP contribution >= 0.6 is 0 Å². The van der Waals surface area contributed by atoms with Gasteiger partial charge in [0.1, 0.15) is 6.54 Å². The van der Waals surface area contributed by atoms with Crippen LogP contribution in [0.2, 0.25) is 0 Å². The summed E-state index contributed by atoms with van der Waals surface area (Å²) in [5.41, 5.74) is -0.0651. The highest BCUT2D eigenvalue weighted by Gasteiger charge is 2.09. The Balaban J connectivity index is 1.86. The van der Waals surface area contributed by atoms with Crippen LogP contribution < -0.4 is 5.56 Å². The summed E-state index contributed by atoms with van der Waals surface area (Å²) >= 11 is 0. The van der Waals surface area contributed by atoms with E-state index in [1.54, 1.807) is 17.9 Å². The smallest absolute Gasteiger partial charge is 0.258 e. The van der Waals surface area contributed by atoms with Crippen LogP contribution in [-0.2, 0) is 17.7 Å². The minimum absolute atomic E-state index is 0.0651. The number of nitrogens with zero attached hydrogens (tertiary/aromatic N) is 3. The molecule has 0 fully saturated rings. The van der Waals surface area contributed by atoms with Gasteiger partial charge in [-0.25, -0.2) is 0 Å². The molecule has 1 aromatic carbocycles. The van der Waals surface area contributed by atoms with Gasteiger partial charge in [0.25, 0.3) is 5.56 Å². The van der Waals surface area contributed by atoms with Crippen LogP contribution in [0.1, 0.15) is 11.7 Å². The average molecular weight is 285 g/mol. The zero-order valence-electron chi connectivity index (χ0n) is 11.7. The van der Waals surface area contributed by atoms with Crippen molar-refractivity contribution in [1.29, 1.82) is 0 Å². The van der Waals surface area contributed by atoms with E-state index in [1.807, 2.05) is 30.3 Å². The van der Waals surface area contributed by atoms with Crippen molar-refractivity contribution in [3.63, 3.8) is 0 Å². The van der Waals surface area contributed by atoms with Crippen molar-refractivity contribution in [2.75, 3.05) is 13.7 Å². The Kier molecular flexibility index (Phi) is 3.79. The second kappa shape index (κ2) is 5.88. The Labute approximate surface area is 121 Å². The van der Waals surface area contributed by atoms with Crippen LogP contribution in [0.15, 0.2) is 45.8 Å². The number of methoxy groups -OCH3 is 1. The normalized spacial score (nSPS) is 11.1. The average Bonchev–Trinajstić information content (AvgIpc) is 2.96. The summed E-state index contributed by atoms with van der Waals surface area (Å²) in [7, 11) is 1.62. The third-order valence-electron chi connectivity index (χ3n) is 3.23.